The van der Waals surface area contributed by atoms with Crippen LogP contribution in [0.25, 0.3) is 5.69 Å². The van der Waals surface area contributed by atoms with Gasteiger partial charge in [0.05, 0.1) is 28.0 Å². The molecule has 3 aromatic rings. The van der Waals surface area contributed by atoms with Crippen LogP contribution >= 0.6 is 23.4 Å². The van der Waals surface area contributed by atoms with E-state index in [4.69, 9.17) is 11.6 Å². The van der Waals surface area contributed by atoms with E-state index in [1.165, 1.54) is 11.8 Å². The zero-order valence-corrected chi connectivity index (χ0v) is 16.3. The van der Waals surface area contributed by atoms with Gasteiger partial charge in [0.25, 0.3) is 0 Å². The highest BCUT2D eigenvalue weighted by atomic mass is 35.5. The Balaban J connectivity index is 1.75. The summed E-state index contributed by atoms with van der Waals surface area (Å²) in [7, 11) is 1.84. The third-order valence-corrected chi connectivity index (χ3v) is 5.17. The van der Waals surface area contributed by atoms with Crippen LogP contribution in [-0.2, 0) is 11.8 Å². The van der Waals surface area contributed by atoms with E-state index in [2.05, 4.69) is 25.9 Å². The molecule has 10 heteroatoms. The molecule has 2 aromatic heterocycles. The Morgan fingerprint density at radius 3 is 2.77 bits per heavy atom. The van der Waals surface area contributed by atoms with Gasteiger partial charge < -0.3 is 5.32 Å². The van der Waals surface area contributed by atoms with Crippen molar-refractivity contribution in [3.63, 3.8) is 0 Å². The number of benzene rings is 1. The normalized spacial score (nSPS) is 12.2. The average molecular weight is 392 g/mol. The number of nitrogens with one attached hydrogen (secondary N) is 1. The summed E-state index contributed by atoms with van der Waals surface area (Å²) >= 11 is 7.30. The fraction of sp³-hybridized carbons (Fsp3) is 0.312. The van der Waals surface area contributed by atoms with Crippen LogP contribution in [0.3, 0.4) is 0 Å². The lowest BCUT2D eigenvalue weighted by Gasteiger charge is -2.12. The zero-order chi connectivity index (χ0) is 18.8. The van der Waals surface area contributed by atoms with Crippen LogP contribution in [0.2, 0.25) is 5.02 Å². The maximum atomic E-state index is 12.6. The molecule has 0 saturated heterocycles. The minimum atomic E-state index is -0.405. The third-order valence-electron chi connectivity index (χ3n) is 3.90. The molecule has 0 saturated carbocycles. The molecular formula is C16H18ClN7OS. The molecule has 0 aliphatic rings. The monoisotopic (exact) mass is 391 g/mol. The largest absolute Gasteiger partial charge is 0.322 e. The lowest BCUT2D eigenvalue weighted by Crippen LogP contribution is -2.23. The number of carbonyl (C=O) groups excluding carboxylic acids is 1. The van der Waals surface area contributed by atoms with Crippen LogP contribution in [-0.4, -0.2) is 41.1 Å². The van der Waals surface area contributed by atoms with Gasteiger partial charge in [-0.2, -0.15) is 9.78 Å². The van der Waals surface area contributed by atoms with Crippen molar-refractivity contribution in [1.29, 1.82) is 0 Å². The van der Waals surface area contributed by atoms with Gasteiger partial charge in [-0.05, 0) is 49.4 Å². The molecule has 0 aliphatic carbocycles. The van der Waals surface area contributed by atoms with Gasteiger partial charge in [0.2, 0.25) is 11.1 Å². The Bertz CT molecular complexity index is 952. The molecule has 1 N–H and O–H groups in total. The summed E-state index contributed by atoms with van der Waals surface area (Å²) in [6.07, 6.45) is 0. The topological polar surface area (TPSA) is 90.5 Å². The quantitative estimate of drug-likeness (QED) is 0.672. The molecule has 0 radical (unpaired) electrons. The molecule has 0 spiro atoms. The molecule has 0 bridgehead atoms. The number of hydrogen-bond acceptors (Lipinski definition) is 6. The zero-order valence-electron chi connectivity index (χ0n) is 14.8. The number of tetrazole rings is 1. The van der Waals surface area contributed by atoms with Crippen LogP contribution in [0.5, 0.6) is 0 Å². The van der Waals surface area contributed by atoms with Crippen molar-refractivity contribution >= 4 is 35.0 Å². The highest BCUT2D eigenvalue weighted by Crippen LogP contribution is 2.26. The lowest BCUT2D eigenvalue weighted by atomic mass is 10.3. The number of rotatable bonds is 5. The van der Waals surface area contributed by atoms with Gasteiger partial charge in [-0.15, -0.1) is 5.10 Å². The highest BCUT2D eigenvalue weighted by molar-refractivity contribution is 8.00. The number of thioether (sulfide) groups is 1. The van der Waals surface area contributed by atoms with E-state index in [0.29, 0.717) is 10.2 Å². The van der Waals surface area contributed by atoms with Gasteiger partial charge in [0, 0.05) is 12.1 Å². The molecule has 3 rings (SSSR count). The SMILES string of the molecule is Cc1nn(C)c(C)c1NC(=O)[C@@H](C)Sc1nnnn1-c1cccc(Cl)c1. The van der Waals surface area contributed by atoms with Crippen molar-refractivity contribution in [2.24, 2.45) is 7.05 Å². The van der Waals surface area contributed by atoms with Crippen LogP contribution < -0.4 is 5.32 Å². The van der Waals surface area contributed by atoms with Gasteiger partial charge in [-0.1, -0.05) is 29.4 Å². The van der Waals surface area contributed by atoms with Crippen LogP contribution in [0.4, 0.5) is 5.69 Å². The van der Waals surface area contributed by atoms with Crippen molar-refractivity contribution in [2.75, 3.05) is 5.32 Å². The second-order valence-corrected chi connectivity index (χ2v) is 7.52. The molecule has 0 unspecified atom stereocenters. The number of hydrogen-bond donors (Lipinski definition) is 1. The first-order valence-electron chi connectivity index (χ1n) is 7.89. The number of carbonyl (C=O) groups is 1. The predicted molar refractivity (Wildman–Crippen MR) is 101 cm³/mol. The van der Waals surface area contributed by atoms with Crippen LogP contribution in [0, 0.1) is 13.8 Å². The predicted octanol–water partition coefficient (Wildman–Crippen LogP) is 2.79. The number of halogens is 1. The van der Waals surface area contributed by atoms with Gasteiger partial charge >= 0.3 is 0 Å². The van der Waals surface area contributed by atoms with E-state index in [1.54, 1.807) is 28.4 Å². The number of anilines is 1. The van der Waals surface area contributed by atoms with E-state index in [0.717, 1.165) is 22.8 Å². The van der Waals surface area contributed by atoms with Crippen molar-refractivity contribution in [1.82, 2.24) is 30.0 Å². The van der Waals surface area contributed by atoms with Gasteiger partial charge in [-0.3, -0.25) is 9.48 Å². The fourth-order valence-corrected chi connectivity index (χ4v) is 3.41. The first kappa shape index (κ1) is 18.4. The van der Waals surface area contributed by atoms with Crippen molar-refractivity contribution in [3.8, 4) is 5.69 Å². The Kier molecular flexibility index (Phi) is 5.28. The van der Waals surface area contributed by atoms with Crippen LogP contribution in [0.1, 0.15) is 18.3 Å². The van der Waals surface area contributed by atoms with E-state index in [-0.39, 0.29) is 5.91 Å². The van der Waals surface area contributed by atoms with Crippen molar-refractivity contribution in [2.45, 2.75) is 31.2 Å². The summed E-state index contributed by atoms with van der Waals surface area (Å²) in [6, 6.07) is 7.20. The summed E-state index contributed by atoms with van der Waals surface area (Å²) < 4.78 is 3.29. The molecule has 1 atom stereocenters. The highest BCUT2D eigenvalue weighted by Gasteiger charge is 2.21. The molecule has 1 amide bonds. The molecule has 0 fully saturated rings. The number of aromatic nitrogens is 6. The number of amides is 1. The second-order valence-electron chi connectivity index (χ2n) is 5.77. The van der Waals surface area contributed by atoms with Crippen molar-refractivity contribution < 1.29 is 4.79 Å². The summed E-state index contributed by atoms with van der Waals surface area (Å²) in [5, 5.41) is 19.6. The van der Waals surface area contributed by atoms with E-state index < -0.39 is 5.25 Å². The number of nitrogens with zero attached hydrogens (tertiary/aromatic N) is 6. The number of aryl methyl sites for hydroxylation is 2. The van der Waals surface area contributed by atoms with Gasteiger partial charge in [0.1, 0.15) is 0 Å². The van der Waals surface area contributed by atoms with Crippen molar-refractivity contribution in [3.05, 3.63) is 40.7 Å². The van der Waals surface area contributed by atoms with E-state index in [9.17, 15) is 4.79 Å². The van der Waals surface area contributed by atoms with Crippen LogP contribution in [0.15, 0.2) is 29.4 Å². The fourth-order valence-electron chi connectivity index (χ4n) is 2.41. The summed E-state index contributed by atoms with van der Waals surface area (Å²) in [5.74, 6) is -0.144. The molecule has 1 aromatic carbocycles. The molecule has 26 heavy (non-hydrogen) atoms. The minimum absolute atomic E-state index is 0.144. The molecule has 136 valence electrons. The lowest BCUT2D eigenvalue weighted by molar-refractivity contribution is -0.115. The first-order valence-corrected chi connectivity index (χ1v) is 9.14. The smallest absolute Gasteiger partial charge is 0.237 e. The van der Waals surface area contributed by atoms with Gasteiger partial charge in [0.15, 0.2) is 0 Å². The Hall–Kier alpha value is -2.39. The summed E-state index contributed by atoms with van der Waals surface area (Å²) in [4.78, 5) is 12.6. The Morgan fingerprint density at radius 1 is 1.35 bits per heavy atom. The van der Waals surface area contributed by atoms with Gasteiger partial charge in [-0.25, -0.2) is 0 Å². The standard InChI is InChI=1S/C16H18ClN7OS/c1-9-14(10(2)23(4)20-9)18-15(25)11(3)26-16-19-21-22-24(16)13-7-5-6-12(17)8-13/h5-8,11H,1-4H3,(H,18,25)/t11-/m1/s1. The maximum absolute atomic E-state index is 12.6. The minimum Gasteiger partial charge on any atom is -0.322 e. The molecule has 8 nitrogen and oxygen atoms in total. The summed E-state index contributed by atoms with van der Waals surface area (Å²) in [6.45, 7) is 5.57. The first-order chi connectivity index (χ1) is 12.4. The molecular weight excluding hydrogens is 374 g/mol. The molecule has 0 aliphatic heterocycles. The third kappa shape index (κ3) is 3.73. The average Bonchev–Trinajstić information content (AvgIpc) is 3.15. The maximum Gasteiger partial charge on any atom is 0.237 e. The summed E-state index contributed by atoms with van der Waals surface area (Å²) in [5.41, 5.74) is 3.15. The van der Waals surface area contributed by atoms with E-state index in [1.807, 2.05) is 33.0 Å². The Morgan fingerprint density at radius 2 is 2.12 bits per heavy atom. The Labute approximate surface area is 159 Å². The second kappa shape index (κ2) is 7.46. The molecule has 2 heterocycles. The van der Waals surface area contributed by atoms with E-state index >= 15 is 0 Å².